The third kappa shape index (κ3) is 4.00. The summed E-state index contributed by atoms with van der Waals surface area (Å²) in [6, 6.07) is 1.05. The van der Waals surface area contributed by atoms with E-state index in [1.807, 2.05) is 11.8 Å². The van der Waals surface area contributed by atoms with Crippen molar-refractivity contribution in [3.63, 3.8) is 0 Å². The number of halogens is 4. The minimum atomic E-state index is -4.28. The molecular formula is C21H23F4N3O3. The van der Waals surface area contributed by atoms with Crippen LogP contribution in [0.25, 0.3) is 10.9 Å². The van der Waals surface area contributed by atoms with Crippen molar-refractivity contribution in [2.75, 3.05) is 31.1 Å². The van der Waals surface area contributed by atoms with Gasteiger partial charge < -0.3 is 19.9 Å². The number of hydrogen-bond acceptors (Lipinski definition) is 4. The first-order chi connectivity index (χ1) is 14.6. The molecule has 2 atom stereocenters. The fourth-order valence-corrected chi connectivity index (χ4v) is 4.75. The minimum Gasteiger partial charge on any atom is -0.477 e. The van der Waals surface area contributed by atoms with Crippen LogP contribution in [0.3, 0.4) is 0 Å². The monoisotopic (exact) mass is 441 g/mol. The number of hydrogen-bond donors (Lipinski definition) is 2. The lowest BCUT2D eigenvalue weighted by atomic mass is 9.93. The average Bonchev–Trinajstić information content (AvgIpc) is 3.13. The molecule has 0 bridgehead atoms. The molecule has 2 aliphatic rings. The van der Waals surface area contributed by atoms with Gasteiger partial charge in [0.1, 0.15) is 11.4 Å². The van der Waals surface area contributed by atoms with E-state index >= 15 is 4.39 Å². The third-order valence-corrected chi connectivity index (χ3v) is 6.22. The predicted molar refractivity (Wildman–Crippen MR) is 107 cm³/mol. The number of nitrogens with zero attached hydrogens (tertiary/aromatic N) is 2. The Kier molecular flexibility index (Phi) is 5.45. The minimum absolute atomic E-state index is 0.0466. The maximum Gasteiger partial charge on any atom is 0.401 e. The van der Waals surface area contributed by atoms with Gasteiger partial charge in [-0.15, -0.1) is 0 Å². The van der Waals surface area contributed by atoms with Crippen molar-refractivity contribution < 1.29 is 27.5 Å². The van der Waals surface area contributed by atoms with Crippen molar-refractivity contribution in [1.82, 2.24) is 9.88 Å². The Morgan fingerprint density at radius 2 is 2.06 bits per heavy atom. The van der Waals surface area contributed by atoms with Crippen LogP contribution in [0.2, 0.25) is 0 Å². The van der Waals surface area contributed by atoms with Crippen molar-refractivity contribution in [3.05, 3.63) is 39.4 Å². The summed E-state index contributed by atoms with van der Waals surface area (Å²) in [5, 5.41) is 11.8. The number of aromatic nitrogens is 1. The molecular weight excluding hydrogens is 418 g/mol. The molecule has 6 nitrogen and oxygen atoms in total. The van der Waals surface area contributed by atoms with Gasteiger partial charge in [0.05, 0.1) is 17.7 Å². The largest absolute Gasteiger partial charge is 0.477 e. The van der Waals surface area contributed by atoms with Crippen molar-refractivity contribution >= 4 is 22.6 Å². The molecule has 168 valence electrons. The van der Waals surface area contributed by atoms with E-state index in [1.165, 1.54) is 6.20 Å². The smallest absolute Gasteiger partial charge is 0.401 e. The van der Waals surface area contributed by atoms with E-state index in [2.05, 4.69) is 5.32 Å². The molecule has 2 N–H and O–H groups in total. The maximum absolute atomic E-state index is 15.2. The van der Waals surface area contributed by atoms with E-state index in [1.54, 1.807) is 4.57 Å². The van der Waals surface area contributed by atoms with Gasteiger partial charge in [-0.05, 0) is 38.2 Å². The number of carboxylic acid groups (broad SMARTS) is 1. The highest BCUT2D eigenvalue weighted by Crippen LogP contribution is 2.39. The number of benzene rings is 1. The molecule has 31 heavy (non-hydrogen) atoms. The molecule has 10 heteroatoms. The normalized spacial score (nSPS) is 21.1. The van der Waals surface area contributed by atoms with Crippen LogP contribution in [0, 0.1) is 11.7 Å². The molecule has 3 heterocycles. The topological polar surface area (TPSA) is 74.6 Å². The van der Waals surface area contributed by atoms with Gasteiger partial charge in [0, 0.05) is 42.8 Å². The van der Waals surface area contributed by atoms with Crippen molar-refractivity contribution in [2.24, 2.45) is 5.92 Å². The molecule has 1 saturated heterocycles. The van der Waals surface area contributed by atoms with Gasteiger partial charge in [0.15, 0.2) is 0 Å². The van der Waals surface area contributed by atoms with Crippen molar-refractivity contribution in [3.8, 4) is 0 Å². The summed E-state index contributed by atoms with van der Waals surface area (Å²) in [6.07, 6.45) is -1.13. The first-order valence-electron chi connectivity index (χ1n) is 10.2. The summed E-state index contributed by atoms with van der Waals surface area (Å²) in [5.41, 5.74) is 0.468. The fourth-order valence-electron chi connectivity index (χ4n) is 4.75. The van der Waals surface area contributed by atoms with Crippen molar-refractivity contribution in [1.29, 1.82) is 0 Å². The van der Waals surface area contributed by atoms with Gasteiger partial charge in [-0.1, -0.05) is 0 Å². The van der Waals surface area contributed by atoms with Gasteiger partial charge in [0.25, 0.3) is 0 Å². The van der Waals surface area contributed by atoms with Crippen LogP contribution in [-0.4, -0.2) is 48.0 Å². The zero-order valence-electron chi connectivity index (χ0n) is 16.9. The zero-order chi connectivity index (χ0) is 22.5. The summed E-state index contributed by atoms with van der Waals surface area (Å²) in [6.45, 7) is 1.95. The van der Waals surface area contributed by atoms with Gasteiger partial charge in [-0.3, -0.25) is 4.79 Å². The molecule has 1 fully saturated rings. The third-order valence-electron chi connectivity index (χ3n) is 6.22. The van der Waals surface area contributed by atoms with E-state index < -0.39 is 35.5 Å². The second-order valence-electron chi connectivity index (χ2n) is 8.40. The quantitative estimate of drug-likeness (QED) is 0.697. The Bertz CT molecular complexity index is 1100. The Morgan fingerprint density at radius 3 is 2.74 bits per heavy atom. The number of alkyl halides is 3. The Morgan fingerprint density at radius 1 is 1.32 bits per heavy atom. The van der Waals surface area contributed by atoms with Gasteiger partial charge >= 0.3 is 12.1 Å². The summed E-state index contributed by atoms with van der Waals surface area (Å²) >= 11 is 0. The molecule has 2 aliphatic heterocycles. The number of carboxylic acids is 1. The molecule has 2 unspecified atom stereocenters. The first kappa shape index (κ1) is 21.6. The molecule has 0 spiro atoms. The van der Waals surface area contributed by atoms with Gasteiger partial charge in [0.2, 0.25) is 5.43 Å². The summed E-state index contributed by atoms with van der Waals surface area (Å²) in [5.74, 6) is -2.01. The number of anilines is 1. The second-order valence-corrected chi connectivity index (χ2v) is 8.40. The highest BCUT2D eigenvalue weighted by atomic mass is 19.4. The van der Waals surface area contributed by atoms with E-state index in [0.29, 0.717) is 49.1 Å². The molecule has 0 aliphatic carbocycles. The number of aryl methyl sites for hydroxylation is 1. The first-order valence-corrected chi connectivity index (χ1v) is 10.2. The van der Waals surface area contributed by atoms with Crippen LogP contribution < -0.4 is 15.6 Å². The van der Waals surface area contributed by atoms with Crippen LogP contribution in [0.1, 0.15) is 41.7 Å². The maximum atomic E-state index is 15.2. The van der Waals surface area contributed by atoms with E-state index in [-0.39, 0.29) is 23.9 Å². The predicted octanol–water partition coefficient (Wildman–Crippen LogP) is 3.32. The molecule has 2 aromatic rings. The van der Waals surface area contributed by atoms with Crippen LogP contribution in [0.4, 0.5) is 23.2 Å². The van der Waals surface area contributed by atoms with Crippen LogP contribution >= 0.6 is 0 Å². The SMILES string of the molecule is CC1CCc2c(N3CCC(CNCC(F)(F)F)C3)c(F)cc3c(=O)c(C(=O)O)cn1c23. The Balaban J connectivity index is 1.71. The molecule has 4 rings (SSSR count). The Labute approximate surface area is 175 Å². The zero-order valence-corrected chi connectivity index (χ0v) is 16.9. The molecule has 1 aromatic heterocycles. The highest BCUT2D eigenvalue weighted by molar-refractivity contribution is 5.95. The lowest BCUT2D eigenvalue weighted by Crippen LogP contribution is -2.34. The van der Waals surface area contributed by atoms with Gasteiger partial charge in [-0.2, -0.15) is 13.2 Å². The molecule has 0 radical (unpaired) electrons. The summed E-state index contributed by atoms with van der Waals surface area (Å²) in [7, 11) is 0. The number of pyridine rings is 1. The van der Waals surface area contributed by atoms with Crippen LogP contribution in [0.5, 0.6) is 0 Å². The molecule has 0 amide bonds. The molecule has 0 saturated carbocycles. The number of carbonyl (C=O) groups is 1. The van der Waals surface area contributed by atoms with E-state index in [4.69, 9.17) is 0 Å². The second kappa shape index (κ2) is 7.81. The fraction of sp³-hybridized carbons (Fsp3) is 0.524. The summed E-state index contributed by atoms with van der Waals surface area (Å²) < 4.78 is 54.1. The lowest BCUT2D eigenvalue weighted by molar-refractivity contribution is -0.125. The number of rotatable bonds is 5. The average molecular weight is 441 g/mol. The Hall–Kier alpha value is -2.62. The standard InChI is InChI=1S/C21H23F4N3O3/c1-11-2-3-13-17-14(19(29)15(20(30)31)9-28(11)17)6-16(22)18(13)27-5-4-12(8-27)7-26-10-21(23,24)25/h6,9,11-12,26H,2-5,7-8,10H2,1H3,(H,30,31). The van der Waals surface area contributed by atoms with Gasteiger partial charge in [-0.25, -0.2) is 9.18 Å². The van der Waals surface area contributed by atoms with Crippen LogP contribution in [0.15, 0.2) is 17.1 Å². The van der Waals surface area contributed by atoms with Crippen molar-refractivity contribution in [2.45, 2.75) is 38.4 Å². The number of nitrogens with one attached hydrogen (secondary N) is 1. The van der Waals surface area contributed by atoms with Crippen LogP contribution in [-0.2, 0) is 6.42 Å². The van der Waals surface area contributed by atoms with E-state index in [0.717, 1.165) is 6.07 Å². The van der Waals surface area contributed by atoms with E-state index in [9.17, 15) is 27.9 Å². The molecule has 1 aromatic carbocycles. The number of aromatic carboxylic acids is 1. The highest BCUT2D eigenvalue weighted by Gasteiger charge is 2.32. The summed E-state index contributed by atoms with van der Waals surface area (Å²) in [4.78, 5) is 26.0. The lowest BCUT2D eigenvalue weighted by Gasteiger charge is -2.31.